The molecular weight excluding hydrogens is 397 g/mol. The van der Waals surface area contributed by atoms with Crippen molar-refractivity contribution < 1.29 is 9.18 Å². The molecule has 0 aromatic heterocycles. The van der Waals surface area contributed by atoms with Crippen LogP contribution in [0.4, 0.5) is 21.5 Å². The Hall–Kier alpha value is -3.48. The highest BCUT2D eigenvalue weighted by Crippen LogP contribution is 2.24. The van der Waals surface area contributed by atoms with Gasteiger partial charge in [0.15, 0.2) is 0 Å². The Morgan fingerprint density at radius 3 is 2.39 bits per heavy atom. The molecular formula is C24H24FN3O3. The van der Waals surface area contributed by atoms with Gasteiger partial charge in [-0.25, -0.2) is 4.39 Å². The van der Waals surface area contributed by atoms with Crippen molar-refractivity contribution >= 4 is 23.0 Å². The Kier molecular flexibility index (Phi) is 5.84. The maximum absolute atomic E-state index is 13.7. The van der Waals surface area contributed by atoms with Crippen LogP contribution in [-0.2, 0) is 6.54 Å². The predicted octanol–water partition coefficient (Wildman–Crippen LogP) is 3.58. The van der Waals surface area contributed by atoms with E-state index in [1.807, 2.05) is 4.90 Å². The number of hydrogen-bond acceptors (Lipinski definition) is 5. The summed E-state index contributed by atoms with van der Waals surface area (Å²) in [7, 11) is 0. The summed E-state index contributed by atoms with van der Waals surface area (Å²) >= 11 is 0. The van der Waals surface area contributed by atoms with Gasteiger partial charge in [-0.2, -0.15) is 0 Å². The number of amides is 1. The molecule has 31 heavy (non-hydrogen) atoms. The van der Waals surface area contributed by atoms with Crippen molar-refractivity contribution in [3.8, 4) is 0 Å². The summed E-state index contributed by atoms with van der Waals surface area (Å²) in [5.41, 5.74) is 2.22. The highest BCUT2D eigenvalue weighted by atomic mass is 19.1. The molecule has 0 atom stereocenters. The Morgan fingerprint density at radius 1 is 1.00 bits per heavy atom. The van der Waals surface area contributed by atoms with Crippen molar-refractivity contribution in [1.82, 2.24) is 0 Å². The second kappa shape index (κ2) is 8.71. The van der Waals surface area contributed by atoms with E-state index in [1.54, 1.807) is 43.3 Å². The van der Waals surface area contributed by atoms with Gasteiger partial charge in [0.1, 0.15) is 17.2 Å². The third-order valence-corrected chi connectivity index (χ3v) is 5.67. The van der Waals surface area contributed by atoms with E-state index in [0.717, 1.165) is 37.9 Å². The van der Waals surface area contributed by atoms with Crippen LogP contribution in [0.5, 0.6) is 0 Å². The molecule has 0 spiro atoms. The molecule has 3 aromatic carbocycles. The Bertz CT molecular complexity index is 1170. The Morgan fingerprint density at radius 2 is 1.71 bits per heavy atom. The number of halogens is 1. The lowest BCUT2D eigenvalue weighted by molar-refractivity contribution is 0.102. The van der Waals surface area contributed by atoms with Gasteiger partial charge < -0.3 is 15.5 Å². The van der Waals surface area contributed by atoms with Gasteiger partial charge in [0.2, 0.25) is 0 Å². The van der Waals surface area contributed by atoms with Gasteiger partial charge in [-0.3, -0.25) is 14.4 Å². The van der Waals surface area contributed by atoms with Gasteiger partial charge in [-0.15, -0.1) is 0 Å². The van der Waals surface area contributed by atoms with E-state index in [0.29, 0.717) is 34.7 Å². The van der Waals surface area contributed by atoms with Crippen LogP contribution in [0, 0.1) is 12.7 Å². The smallest absolute Gasteiger partial charge is 0.255 e. The van der Waals surface area contributed by atoms with Crippen LogP contribution >= 0.6 is 0 Å². The Balaban J connectivity index is 1.39. The summed E-state index contributed by atoms with van der Waals surface area (Å²) in [6.07, 6.45) is 3.20. The first-order chi connectivity index (χ1) is 14.9. The van der Waals surface area contributed by atoms with E-state index in [4.69, 9.17) is 0 Å². The first kappa shape index (κ1) is 20.8. The molecule has 3 aromatic rings. The van der Waals surface area contributed by atoms with Crippen LogP contribution in [0.3, 0.4) is 0 Å². The van der Waals surface area contributed by atoms with Crippen molar-refractivity contribution in [2.24, 2.45) is 0 Å². The third-order valence-electron chi connectivity index (χ3n) is 5.67. The number of carbonyl (C=O) groups is 1. The number of nitrogens with zero attached hydrogens (tertiary/aromatic N) is 1. The summed E-state index contributed by atoms with van der Waals surface area (Å²) in [5.74, 6) is -0.709. The maximum Gasteiger partial charge on any atom is 0.255 e. The van der Waals surface area contributed by atoms with Crippen LogP contribution in [0.15, 0.2) is 52.1 Å². The number of anilines is 3. The molecule has 6 nitrogen and oxygen atoms in total. The van der Waals surface area contributed by atoms with Crippen molar-refractivity contribution in [1.29, 1.82) is 0 Å². The zero-order chi connectivity index (χ0) is 22.0. The summed E-state index contributed by atoms with van der Waals surface area (Å²) in [6.45, 7) is 3.63. The lowest BCUT2D eigenvalue weighted by atomic mass is 10.1. The number of hydrogen-bond donors (Lipinski definition) is 2. The number of nitrogens with one attached hydrogen (secondary N) is 2. The fourth-order valence-corrected chi connectivity index (χ4v) is 3.80. The molecule has 4 rings (SSSR count). The number of benzene rings is 2. The largest absolute Gasteiger partial charge is 0.376 e. The predicted molar refractivity (Wildman–Crippen MR) is 120 cm³/mol. The van der Waals surface area contributed by atoms with E-state index >= 15 is 0 Å². The summed E-state index contributed by atoms with van der Waals surface area (Å²) < 4.78 is 13.7. The molecule has 1 amide bonds. The van der Waals surface area contributed by atoms with E-state index in [9.17, 15) is 18.8 Å². The molecule has 0 unspecified atom stereocenters. The maximum atomic E-state index is 13.7. The van der Waals surface area contributed by atoms with Crippen LogP contribution in [0.2, 0.25) is 0 Å². The van der Waals surface area contributed by atoms with Crippen LogP contribution < -0.4 is 26.4 Å². The summed E-state index contributed by atoms with van der Waals surface area (Å²) in [4.78, 5) is 38.4. The number of carbonyl (C=O) groups excluding carboxylic acids is 1. The van der Waals surface area contributed by atoms with E-state index < -0.39 is 10.9 Å². The zero-order valence-corrected chi connectivity index (χ0v) is 17.3. The molecule has 1 saturated heterocycles. The normalized spacial score (nSPS) is 13.9. The topological polar surface area (TPSA) is 78.5 Å². The quantitative estimate of drug-likeness (QED) is 0.595. The molecule has 2 N–H and O–H groups in total. The van der Waals surface area contributed by atoms with Crippen LogP contribution in [0.25, 0.3) is 0 Å². The second-order valence-electron chi connectivity index (χ2n) is 7.90. The van der Waals surface area contributed by atoms with Gasteiger partial charge >= 0.3 is 0 Å². The fraction of sp³-hybridized carbons (Fsp3) is 0.292. The van der Waals surface area contributed by atoms with Crippen LogP contribution in [-0.4, -0.2) is 19.0 Å². The van der Waals surface area contributed by atoms with Gasteiger partial charge in [-0.1, -0.05) is 18.2 Å². The highest BCUT2D eigenvalue weighted by molar-refractivity contribution is 6.04. The van der Waals surface area contributed by atoms with E-state index in [-0.39, 0.29) is 11.7 Å². The monoisotopic (exact) mass is 421 g/mol. The minimum atomic E-state index is -0.470. The minimum absolute atomic E-state index is 0.336. The van der Waals surface area contributed by atoms with Gasteiger partial charge in [0, 0.05) is 30.9 Å². The molecule has 1 aliphatic rings. The van der Waals surface area contributed by atoms with Crippen molar-refractivity contribution in [3.05, 3.63) is 85.4 Å². The zero-order valence-electron chi connectivity index (χ0n) is 17.3. The Labute approximate surface area is 179 Å². The van der Waals surface area contributed by atoms with E-state index in [1.165, 1.54) is 6.07 Å². The molecule has 1 aliphatic heterocycles. The average Bonchev–Trinajstić information content (AvgIpc) is 2.79. The molecule has 0 radical (unpaired) electrons. The number of aryl methyl sites for hydroxylation is 1. The standard InChI is InChI=1S/C24H24FN3O3/c1-15-5-10-18(13-19(15)25)27-24(31)17-8-6-16(7-9-17)14-26-20-21(23(30)22(20)29)28-11-3-2-4-12-28/h5-10,13,26H,2-4,11-12,14H2,1H3,(H,27,31). The lowest BCUT2D eigenvalue weighted by Gasteiger charge is -2.30. The van der Waals surface area contributed by atoms with Crippen molar-refractivity contribution in [2.45, 2.75) is 32.7 Å². The van der Waals surface area contributed by atoms with Crippen LogP contribution in [0.1, 0.15) is 40.7 Å². The first-order valence-corrected chi connectivity index (χ1v) is 10.4. The third kappa shape index (κ3) is 4.35. The minimum Gasteiger partial charge on any atom is -0.376 e. The summed E-state index contributed by atoms with van der Waals surface area (Å²) in [6, 6.07) is 11.5. The molecule has 0 saturated carbocycles. The molecule has 1 fully saturated rings. The number of rotatable bonds is 6. The van der Waals surface area contributed by atoms with Gasteiger partial charge in [0.25, 0.3) is 16.8 Å². The number of piperidine rings is 1. The van der Waals surface area contributed by atoms with Gasteiger partial charge in [0.05, 0.1) is 0 Å². The highest BCUT2D eigenvalue weighted by Gasteiger charge is 2.26. The first-order valence-electron chi connectivity index (χ1n) is 10.4. The molecule has 7 heteroatoms. The molecule has 160 valence electrons. The van der Waals surface area contributed by atoms with E-state index in [2.05, 4.69) is 10.6 Å². The fourth-order valence-electron chi connectivity index (χ4n) is 3.80. The van der Waals surface area contributed by atoms with Crippen molar-refractivity contribution in [3.63, 3.8) is 0 Å². The molecule has 0 bridgehead atoms. The lowest BCUT2D eigenvalue weighted by Crippen LogP contribution is -2.44. The average molecular weight is 421 g/mol. The summed E-state index contributed by atoms with van der Waals surface area (Å²) in [5, 5.41) is 5.77. The second-order valence-corrected chi connectivity index (χ2v) is 7.90. The van der Waals surface area contributed by atoms with Gasteiger partial charge in [-0.05, 0) is 61.6 Å². The SMILES string of the molecule is Cc1ccc(NC(=O)c2ccc(CNc3c(N4CCCCC4)c(=O)c3=O)cc2)cc1F. The molecule has 0 aliphatic carbocycles. The van der Waals surface area contributed by atoms with Crippen molar-refractivity contribution in [2.75, 3.05) is 28.6 Å². The molecule has 1 heterocycles.